The molecule has 2 unspecified atom stereocenters. The predicted octanol–water partition coefficient (Wildman–Crippen LogP) is 3.79. The number of nitrogens with zero attached hydrogens (tertiary/aromatic N) is 1. The highest BCUT2D eigenvalue weighted by molar-refractivity contribution is 8.26. The highest BCUT2D eigenvalue weighted by Gasteiger charge is 2.42. The van der Waals surface area contributed by atoms with E-state index in [-0.39, 0.29) is 16.1 Å². The molecule has 134 valence electrons. The molecule has 1 fully saturated rings. The largest absolute Gasteiger partial charge is 0.494 e. The van der Waals surface area contributed by atoms with E-state index in [1.165, 1.54) is 4.90 Å². The van der Waals surface area contributed by atoms with Crippen LogP contribution in [0.4, 0.5) is 0 Å². The second-order valence-corrected chi connectivity index (χ2v) is 7.40. The van der Waals surface area contributed by atoms with Crippen LogP contribution in [-0.2, 0) is 9.59 Å². The topological polar surface area (TPSA) is 66.8 Å². The Bertz CT molecular complexity index is 700. The first-order valence-corrected chi connectivity index (χ1v) is 9.34. The van der Waals surface area contributed by atoms with Crippen molar-refractivity contribution >= 4 is 46.3 Å². The Kier molecular flexibility index (Phi) is 6.61. The van der Waals surface area contributed by atoms with Gasteiger partial charge in [-0.1, -0.05) is 56.4 Å². The minimum Gasteiger partial charge on any atom is -0.494 e. The number of carboxylic acid groups (broad SMARTS) is 1. The smallest absolute Gasteiger partial charge is 0.327 e. The van der Waals surface area contributed by atoms with Gasteiger partial charge in [0.15, 0.2) is 0 Å². The summed E-state index contributed by atoms with van der Waals surface area (Å²) in [7, 11) is 0. The first-order chi connectivity index (χ1) is 11.9. The van der Waals surface area contributed by atoms with Gasteiger partial charge in [-0.25, -0.2) is 4.79 Å². The molecule has 1 N–H and O–H groups in total. The molecule has 2 rings (SSSR count). The average Bonchev–Trinajstić information content (AvgIpc) is 2.84. The molecule has 1 aromatic rings. The molecule has 0 bridgehead atoms. The highest BCUT2D eigenvalue weighted by Crippen LogP contribution is 2.36. The lowest BCUT2D eigenvalue weighted by Crippen LogP contribution is -2.47. The summed E-state index contributed by atoms with van der Waals surface area (Å²) in [4.78, 5) is 26.0. The van der Waals surface area contributed by atoms with Crippen molar-refractivity contribution < 1.29 is 19.4 Å². The molecule has 25 heavy (non-hydrogen) atoms. The summed E-state index contributed by atoms with van der Waals surface area (Å²) in [5.41, 5.74) is 0.833. The lowest BCUT2D eigenvalue weighted by atomic mass is 9.98. The minimum atomic E-state index is -1.03. The third kappa shape index (κ3) is 4.41. The van der Waals surface area contributed by atoms with Crippen molar-refractivity contribution in [3.05, 3.63) is 34.7 Å². The summed E-state index contributed by atoms with van der Waals surface area (Å²) in [6, 6.07) is 6.41. The Morgan fingerprint density at radius 3 is 2.52 bits per heavy atom. The van der Waals surface area contributed by atoms with Crippen molar-refractivity contribution in [2.45, 2.75) is 33.2 Å². The van der Waals surface area contributed by atoms with Gasteiger partial charge in [0.1, 0.15) is 16.1 Å². The molecule has 0 aliphatic carbocycles. The minimum absolute atomic E-state index is 0.190. The number of hydrogen-bond donors (Lipinski definition) is 1. The average molecular weight is 380 g/mol. The number of ether oxygens (including phenoxy) is 1. The number of benzene rings is 1. The van der Waals surface area contributed by atoms with Crippen LogP contribution in [-0.4, -0.2) is 38.9 Å². The van der Waals surface area contributed by atoms with Crippen molar-refractivity contribution in [2.24, 2.45) is 5.92 Å². The number of carbonyl (C=O) groups excluding carboxylic acids is 1. The maximum absolute atomic E-state index is 12.7. The molecule has 1 heterocycles. The molecule has 0 radical (unpaired) electrons. The summed E-state index contributed by atoms with van der Waals surface area (Å²) >= 11 is 6.41. The van der Waals surface area contributed by atoms with Crippen LogP contribution in [0.3, 0.4) is 0 Å². The number of carbonyl (C=O) groups is 2. The summed E-state index contributed by atoms with van der Waals surface area (Å²) in [6.45, 7) is 6.21. The normalized spacial score (nSPS) is 18.5. The Morgan fingerprint density at radius 2 is 2.00 bits per heavy atom. The van der Waals surface area contributed by atoms with E-state index in [0.29, 0.717) is 17.9 Å². The van der Waals surface area contributed by atoms with Crippen molar-refractivity contribution in [3.8, 4) is 5.75 Å². The highest BCUT2D eigenvalue weighted by atomic mass is 32.2. The standard InChI is InChI=1S/C18H21NO4S2/c1-4-11(3)15(17(21)22)19-16(20)14(25-18(19)24)10-12-6-8-13(9-7-12)23-5-2/h6-11,15H,4-5H2,1-3H3,(H,21,22). The third-order valence-electron chi connectivity index (χ3n) is 4.03. The van der Waals surface area contributed by atoms with Crippen LogP contribution >= 0.6 is 24.0 Å². The van der Waals surface area contributed by atoms with Crippen LogP contribution in [0.25, 0.3) is 6.08 Å². The Balaban J connectivity index is 2.26. The number of thioether (sulfide) groups is 1. The number of hydrogen-bond acceptors (Lipinski definition) is 5. The van der Waals surface area contributed by atoms with Crippen LogP contribution in [0.15, 0.2) is 29.2 Å². The van der Waals surface area contributed by atoms with Gasteiger partial charge in [0, 0.05) is 0 Å². The number of thiocarbonyl (C=S) groups is 1. The first kappa shape index (κ1) is 19.5. The third-order valence-corrected chi connectivity index (χ3v) is 5.36. The van der Waals surface area contributed by atoms with Gasteiger partial charge in [0.25, 0.3) is 5.91 Å². The molecule has 0 aromatic heterocycles. The molecular formula is C18H21NO4S2. The lowest BCUT2D eigenvalue weighted by molar-refractivity contribution is -0.147. The Morgan fingerprint density at radius 1 is 1.36 bits per heavy atom. The second-order valence-electron chi connectivity index (χ2n) is 5.72. The first-order valence-electron chi connectivity index (χ1n) is 8.11. The van der Waals surface area contributed by atoms with E-state index in [2.05, 4.69) is 0 Å². The second kappa shape index (κ2) is 8.49. The van der Waals surface area contributed by atoms with Gasteiger partial charge in [-0.3, -0.25) is 9.69 Å². The molecule has 1 aliphatic rings. The van der Waals surface area contributed by atoms with Crippen molar-refractivity contribution in [1.82, 2.24) is 4.90 Å². The van der Waals surface area contributed by atoms with Crippen molar-refractivity contribution in [2.75, 3.05) is 6.61 Å². The number of aliphatic carboxylic acids is 1. The summed E-state index contributed by atoms with van der Waals surface area (Å²) < 4.78 is 5.68. The van der Waals surface area contributed by atoms with Gasteiger partial charge in [-0.15, -0.1) is 0 Å². The summed E-state index contributed by atoms with van der Waals surface area (Å²) in [5, 5.41) is 9.53. The monoisotopic (exact) mass is 379 g/mol. The van der Waals surface area contributed by atoms with Crippen molar-refractivity contribution in [1.29, 1.82) is 0 Å². The van der Waals surface area contributed by atoms with Gasteiger partial charge >= 0.3 is 5.97 Å². The molecule has 1 aliphatic heterocycles. The van der Waals surface area contributed by atoms with Crippen LogP contribution in [0.5, 0.6) is 5.75 Å². The van der Waals surface area contributed by atoms with Gasteiger partial charge in [-0.05, 0) is 36.6 Å². The molecule has 1 aromatic carbocycles. The fourth-order valence-electron chi connectivity index (χ4n) is 2.53. The fourth-order valence-corrected chi connectivity index (χ4v) is 3.86. The fraction of sp³-hybridized carbons (Fsp3) is 0.389. The molecule has 1 amide bonds. The van der Waals surface area contributed by atoms with Crippen LogP contribution < -0.4 is 4.74 Å². The van der Waals surface area contributed by atoms with Crippen LogP contribution in [0.1, 0.15) is 32.8 Å². The van der Waals surface area contributed by atoms with E-state index < -0.39 is 12.0 Å². The Hall–Kier alpha value is -1.86. The zero-order valence-electron chi connectivity index (χ0n) is 14.4. The zero-order chi connectivity index (χ0) is 18.6. The quantitative estimate of drug-likeness (QED) is 0.574. The molecule has 0 saturated carbocycles. The maximum Gasteiger partial charge on any atom is 0.327 e. The SMILES string of the molecule is CCOc1ccc(C=C2SC(=S)N(C(C(=O)O)C(C)CC)C2=O)cc1. The van der Waals surface area contributed by atoms with Gasteiger partial charge in [0.2, 0.25) is 0 Å². The van der Waals surface area contributed by atoms with E-state index >= 15 is 0 Å². The summed E-state index contributed by atoms with van der Waals surface area (Å²) in [5.74, 6) is -0.815. The van der Waals surface area contributed by atoms with Gasteiger partial charge in [0.05, 0.1) is 11.5 Å². The number of carboxylic acids is 1. The number of rotatable bonds is 7. The Labute approximate surface area is 157 Å². The van der Waals surface area contributed by atoms with Crippen LogP contribution in [0, 0.1) is 5.92 Å². The van der Waals surface area contributed by atoms with E-state index in [1.54, 1.807) is 6.08 Å². The molecule has 1 saturated heterocycles. The molecule has 2 atom stereocenters. The van der Waals surface area contributed by atoms with Gasteiger partial charge < -0.3 is 9.84 Å². The molecular weight excluding hydrogens is 358 g/mol. The van der Waals surface area contributed by atoms with Crippen molar-refractivity contribution in [3.63, 3.8) is 0 Å². The maximum atomic E-state index is 12.7. The van der Waals surface area contributed by atoms with E-state index in [4.69, 9.17) is 17.0 Å². The van der Waals surface area contributed by atoms with Crippen LogP contribution in [0.2, 0.25) is 0 Å². The lowest BCUT2D eigenvalue weighted by Gasteiger charge is -2.27. The van der Waals surface area contributed by atoms with E-state index in [9.17, 15) is 14.7 Å². The zero-order valence-corrected chi connectivity index (χ0v) is 16.0. The van der Waals surface area contributed by atoms with Gasteiger partial charge in [-0.2, -0.15) is 0 Å². The number of amides is 1. The molecule has 5 nitrogen and oxygen atoms in total. The molecule has 0 spiro atoms. The predicted molar refractivity (Wildman–Crippen MR) is 104 cm³/mol. The summed E-state index contributed by atoms with van der Waals surface area (Å²) in [6.07, 6.45) is 2.37. The van der Waals surface area contributed by atoms with E-state index in [1.807, 2.05) is 45.0 Å². The van der Waals surface area contributed by atoms with E-state index in [0.717, 1.165) is 23.1 Å². The molecule has 7 heteroatoms.